The van der Waals surface area contributed by atoms with Gasteiger partial charge >= 0.3 is 5.97 Å². The molecule has 134 valence electrons. The highest BCUT2D eigenvalue weighted by molar-refractivity contribution is 7.99. The van der Waals surface area contributed by atoms with E-state index in [9.17, 15) is 9.59 Å². The van der Waals surface area contributed by atoms with E-state index in [-0.39, 0.29) is 5.91 Å². The van der Waals surface area contributed by atoms with Gasteiger partial charge in [0.15, 0.2) is 0 Å². The molecule has 0 rings (SSSR count). The molecular weight excluding hydrogens is 310 g/mol. The topological polar surface area (TPSA) is 66.4 Å². The highest BCUT2D eigenvalue weighted by atomic mass is 32.2. The van der Waals surface area contributed by atoms with Crippen LogP contribution in [-0.4, -0.2) is 34.5 Å². The van der Waals surface area contributed by atoms with Gasteiger partial charge in [0, 0.05) is 18.4 Å². The summed E-state index contributed by atoms with van der Waals surface area (Å²) in [7, 11) is 0. The summed E-state index contributed by atoms with van der Waals surface area (Å²) in [5.41, 5.74) is 1.37. The average Bonchev–Trinajstić information content (AvgIpc) is 2.48. The van der Waals surface area contributed by atoms with Crippen LogP contribution in [0, 0.1) is 0 Å². The molecule has 0 aromatic heterocycles. The van der Waals surface area contributed by atoms with Gasteiger partial charge in [-0.25, -0.2) is 4.79 Å². The second-order valence-corrected chi connectivity index (χ2v) is 7.13. The number of amides is 1. The molecule has 0 spiro atoms. The molecule has 0 aromatic rings. The van der Waals surface area contributed by atoms with Gasteiger partial charge in [-0.15, -0.1) is 0 Å². The monoisotopic (exact) mass is 343 g/mol. The summed E-state index contributed by atoms with van der Waals surface area (Å²) in [5, 5.41) is 11.5. The molecule has 1 atom stereocenters. The number of rotatable bonds is 14. The summed E-state index contributed by atoms with van der Waals surface area (Å²) in [5.74, 6) is -0.0814. The van der Waals surface area contributed by atoms with E-state index in [0.29, 0.717) is 5.75 Å². The van der Waals surface area contributed by atoms with Crippen LogP contribution in [0.5, 0.6) is 0 Å². The van der Waals surface area contributed by atoms with Crippen LogP contribution in [0.15, 0.2) is 11.6 Å². The van der Waals surface area contributed by atoms with E-state index in [1.165, 1.54) is 57.4 Å². The number of hydrogen-bond acceptors (Lipinski definition) is 3. The highest BCUT2D eigenvalue weighted by Crippen LogP contribution is 2.13. The van der Waals surface area contributed by atoms with Crippen molar-refractivity contribution >= 4 is 23.6 Å². The molecule has 23 heavy (non-hydrogen) atoms. The second kappa shape index (κ2) is 14.6. The second-order valence-electron chi connectivity index (χ2n) is 6.05. The minimum absolute atomic E-state index is 0.302. The number of nitrogens with one attached hydrogen (secondary N) is 1. The van der Waals surface area contributed by atoms with Gasteiger partial charge < -0.3 is 10.4 Å². The van der Waals surface area contributed by atoms with Crippen LogP contribution >= 0.6 is 11.8 Å². The Kier molecular flexibility index (Phi) is 14.0. The number of carbonyl (C=O) groups excluding carboxylic acids is 1. The quantitative estimate of drug-likeness (QED) is 0.362. The third kappa shape index (κ3) is 14.4. The maximum Gasteiger partial charge on any atom is 0.327 e. The number of aliphatic carboxylic acids is 1. The molecule has 0 radical (unpaired) electrons. The molecule has 0 aliphatic heterocycles. The Hall–Kier alpha value is -0.970. The van der Waals surface area contributed by atoms with Gasteiger partial charge in [0.05, 0.1) is 0 Å². The van der Waals surface area contributed by atoms with Crippen LogP contribution < -0.4 is 5.32 Å². The molecule has 5 heteroatoms. The van der Waals surface area contributed by atoms with Crippen molar-refractivity contribution in [3.8, 4) is 0 Å². The molecular formula is C18H33NO3S. The molecule has 1 amide bonds. The predicted molar refractivity (Wildman–Crippen MR) is 98.9 cm³/mol. The molecule has 1 unspecified atom stereocenters. The van der Waals surface area contributed by atoms with Gasteiger partial charge in [0.1, 0.15) is 6.04 Å². The Morgan fingerprint density at radius 3 is 2.26 bits per heavy atom. The number of allylic oxidation sites excluding steroid dienone is 1. The maximum absolute atomic E-state index is 11.0. The van der Waals surface area contributed by atoms with E-state index >= 15 is 0 Å². The number of hydrogen-bond donors (Lipinski definition) is 2. The van der Waals surface area contributed by atoms with Gasteiger partial charge in [0.25, 0.3) is 0 Å². The van der Waals surface area contributed by atoms with Crippen molar-refractivity contribution in [1.29, 1.82) is 0 Å². The molecule has 0 aliphatic rings. The van der Waals surface area contributed by atoms with Crippen molar-refractivity contribution < 1.29 is 14.7 Å². The Balaban J connectivity index is 3.72. The van der Waals surface area contributed by atoms with Crippen molar-refractivity contribution in [1.82, 2.24) is 5.32 Å². The average molecular weight is 344 g/mol. The minimum Gasteiger partial charge on any atom is -0.480 e. The van der Waals surface area contributed by atoms with Gasteiger partial charge in [-0.2, -0.15) is 11.8 Å². The smallest absolute Gasteiger partial charge is 0.327 e. The SMILES string of the molecule is CCCCCCCCCC(C)=CCSCC(NC(C)=O)C(=O)O. The fourth-order valence-corrected chi connectivity index (χ4v) is 3.27. The van der Waals surface area contributed by atoms with Crippen molar-refractivity contribution in [2.75, 3.05) is 11.5 Å². The molecule has 0 saturated carbocycles. The predicted octanol–water partition coefficient (Wildman–Crippen LogP) is 4.40. The third-order valence-electron chi connectivity index (χ3n) is 3.68. The zero-order chi connectivity index (χ0) is 17.5. The first-order valence-corrected chi connectivity index (χ1v) is 9.86. The van der Waals surface area contributed by atoms with Crippen LogP contribution in [0.3, 0.4) is 0 Å². The summed E-state index contributed by atoms with van der Waals surface area (Å²) in [6.45, 7) is 5.72. The van der Waals surface area contributed by atoms with Crippen molar-refractivity contribution in [2.45, 2.75) is 78.2 Å². The lowest BCUT2D eigenvalue weighted by Crippen LogP contribution is -2.41. The molecule has 0 fully saturated rings. The summed E-state index contributed by atoms with van der Waals surface area (Å²) in [6.07, 6.45) is 12.5. The van der Waals surface area contributed by atoms with Crippen LogP contribution in [0.4, 0.5) is 0 Å². The summed E-state index contributed by atoms with van der Waals surface area (Å²) >= 11 is 1.54. The van der Waals surface area contributed by atoms with Crippen LogP contribution in [0.25, 0.3) is 0 Å². The van der Waals surface area contributed by atoms with E-state index in [1.807, 2.05) is 0 Å². The summed E-state index contributed by atoms with van der Waals surface area (Å²) < 4.78 is 0. The molecule has 2 N–H and O–H groups in total. The van der Waals surface area contributed by atoms with E-state index in [2.05, 4.69) is 25.2 Å². The van der Waals surface area contributed by atoms with E-state index in [0.717, 1.165) is 12.2 Å². The first-order chi connectivity index (χ1) is 11.0. The van der Waals surface area contributed by atoms with E-state index < -0.39 is 12.0 Å². The van der Waals surface area contributed by atoms with Gasteiger partial charge in [-0.1, -0.05) is 57.1 Å². The Morgan fingerprint density at radius 1 is 1.09 bits per heavy atom. The zero-order valence-electron chi connectivity index (χ0n) is 14.9. The molecule has 0 aliphatic carbocycles. The van der Waals surface area contributed by atoms with Crippen LogP contribution in [0.1, 0.15) is 72.1 Å². The highest BCUT2D eigenvalue weighted by Gasteiger charge is 2.17. The van der Waals surface area contributed by atoms with Crippen LogP contribution in [0.2, 0.25) is 0 Å². The Morgan fingerprint density at radius 2 is 1.70 bits per heavy atom. The number of carbonyl (C=O) groups is 2. The molecule has 0 heterocycles. The van der Waals surface area contributed by atoms with Crippen molar-refractivity contribution in [2.24, 2.45) is 0 Å². The normalized spacial score (nSPS) is 12.9. The zero-order valence-corrected chi connectivity index (χ0v) is 15.7. The minimum atomic E-state index is -0.975. The largest absolute Gasteiger partial charge is 0.480 e. The lowest BCUT2D eigenvalue weighted by Gasteiger charge is -2.12. The number of thioether (sulfide) groups is 1. The van der Waals surface area contributed by atoms with Gasteiger partial charge in [0.2, 0.25) is 5.91 Å². The van der Waals surface area contributed by atoms with Crippen LogP contribution in [-0.2, 0) is 9.59 Å². The lowest BCUT2D eigenvalue weighted by atomic mass is 10.1. The Bertz CT molecular complexity index is 369. The van der Waals surface area contributed by atoms with Crippen molar-refractivity contribution in [3.63, 3.8) is 0 Å². The summed E-state index contributed by atoms with van der Waals surface area (Å²) in [4.78, 5) is 21.9. The standard InChI is InChI=1S/C18H33NO3S/c1-4-5-6-7-8-9-10-11-15(2)12-13-23-14-17(18(21)22)19-16(3)20/h12,17H,4-11,13-14H2,1-3H3,(H,19,20)(H,21,22). The maximum atomic E-state index is 11.0. The fraction of sp³-hybridized carbons (Fsp3) is 0.778. The van der Waals surface area contributed by atoms with Gasteiger partial charge in [-0.3, -0.25) is 4.79 Å². The van der Waals surface area contributed by atoms with E-state index in [1.54, 1.807) is 11.8 Å². The fourth-order valence-electron chi connectivity index (χ4n) is 2.27. The summed E-state index contributed by atoms with van der Waals surface area (Å²) in [6, 6.07) is -0.797. The van der Waals surface area contributed by atoms with Gasteiger partial charge in [-0.05, 0) is 19.8 Å². The molecule has 0 saturated heterocycles. The third-order valence-corrected chi connectivity index (χ3v) is 4.66. The number of carboxylic acids is 1. The van der Waals surface area contributed by atoms with E-state index in [4.69, 9.17) is 5.11 Å². The molecule has 0 bridgehead atoms. The lowest BCUT2D eigenvalue weighted by molar-refractivity contribution is -0.140. The number of carboxylic acid groups (broad SMARTS) is 1. The van der Waals surface area contributed by atoms with Crippen molar-refractivity contribution in [3.05, 3.63) is 11.6 Å². The number of unbranched alkanes of at least 4 members (excludes halogenated alkanes) is 6. The molecule has 0 aromatic carbocycles. The first kappa shape index (κ1) is 22.0. The first-order valence-electron chi connectivity index (χ1n) is 8.70. The molecule has 4 nitrogen and oxygen atoms in total. The Labute approximate surface area is 145 Å².